The Hall–Kier alpha value is -2.52. The molecule has 0 spiro atoms. The van der Waals surface area contributed by atoms with Crippen molar-refractivity contribution in [2.24, 2.45) is 0 Å². The molecule has 0 aliphatic carbocycles. The zero-order valence-electron chi connectivity index (χ0n) is 14.2. The number of fused-ring (bicyclic) bond motifs is 1. The van der Waals surface area contributed by atoms with Gasteiger partial charge in [0.15, 0.2) is 11.5 Å². The van der Waals surface area contributed by atoms with E-state index in [1.165, 1.54) is 7.11 Å². The summed E-state index contributed by atoms with van der Waals surface area (Å²) in [6.07, 6.45) is -5.09. The van der Waals surface area contributed by atoms with E-state index in [4.69, 9.17) is 37.4 Å². The topological polar surface area (TPSA) is 68.8 Å². The summed E-state index contributed by atoms with van der Waals surface area (Å²) in [4.78, 5) is 12.1. The Morgan fingerprint density at radius 3 is 2.11 bits per heavy atom. The Kier molecular flexibility index (Phi) is 5.40. The van der Waals surface area contributed by atoms with Crippen molar-refractivity contribution in [1.82, 2.24) is 10.6 Å². The summed E-state index contributed by atoms with van der Waals surface area (Å²) in [5.41, 5.74) is 0.645. The van der Waals surface area contributed by atoms with E-state index in [9.17, 15) is 18.0 Å². The third-order valence-electron chi connectivity index (χ3n) is 3.76. The number of carbonyl (C=O) groups is 1. The van der Waals surface area contributed by atoms with Gasteiger partial charge in [0.1, 0.15) is 5.75 Å². The Labute approximate surface area is 167 Å². The van der Waals surface area contributed by atoms with Gasteiger partial charge in [-0.15, -0.1) is 0 Å². The highest BCUT2D eigenvalue weighted by Gasteiger charge is 2.65. The number of rotatable bonds is 4. The predicted octanol–water partition coefficient (Wildman–Crippen LogP) is 4.49. The average Bonchev–Trinajstić information content (AvgIpc) is 2.98. The number of benzene rings is 2. The first-order valence-electron chi connectivity index (χ1n) is 7.76. The predicted molar refractivity (Wildman–Crippen MR) is 94.9 cm³/mol. The van der Waals surface area contributed by atoms with E-state index in [0.29, 0.717) is 11.3 Å². The number of urea groups is 1. The second-order valence-corrected chi connectivity index (χ2v) is 6.50. The van der Waals surface area contributed by atoms with Crippen molar-refractivity contribution in [3.8, 4) is 17.2 Å². The highest BCUT2D eigenvalue weighted by atomic mass is 35.5. The third-order valence-corrected chi connectivity index (χ3v) is 4.48. The standard InChI is InChI=1S/C17H13Cl2F3N2O4/c1-26-10-4-2-9(3-5-10)8-23-15(25)24-17(16(20,21)22)27-13-6-11(18)12(19)7-14(13)28-17/h2-7H,8H2,1H3,(H2,23,24,25). The Bertz CT molecular complexity index is 860. The van der Waals surface area contributed by atoms with Crippen LogP contribution in [-0.4, -0.2) is 25.2 Å². The number of hydrogen-bond donors (Lipinski definition) is 2. The van der Waals surface area contributed by atoms with E-state index in [0.717, 1.165) is 12.1 Å². The van der Waals surface area contributed by atoms with Crippen molar-refractivity contribution in [2.75, 3.05) is 7.11 Å². The van der Waals surface area contributed by atoms with Crippen LogP contribution in [0.3, 0.4) is 0 Å². The molecule has 2 N–H and O–H groups in total. The summed E-state index contributed by atoms with van der Waals surface area (Å²) in [5.74, 6) is -3.41. The van der Waals surface area contributed by atoms with Gasteiger partial charge in [-0.05, 0) is 17.7 Å². The molecule has 2 amide bonds. The first-order chi connectivity index (χ1) is 13.1. The van der Waals surface area contributed by atoms with Crippen LogP contribution < -0.4 is 24.8 Å². The quantitative estimate of drug-likeness (QED) is 0.740. The molecular weight excluding hydrogens is 424 g/mol. The van der Waals surface area contributed by atoms with Gasteiger partial charge in [-0.25, -0.2) is 4.79 Å². The molecule has 3 rings (SSSR count). The smallest absolute Gasteiger partial charge is 0.492 e. The maximum absolute atomic E-state index is 13.6. The zero-order chi connectivity index (χ0) is 20.5. The van der Waals surface area contributed by atoms with Crippen molar-refractivity contribution >= 4 is 29.2 Å². The second-order valence-electron chi connectivity index (χ2n) is 5.69. The van der Waals surface area contributed by atoms with E-state index in [1.807, 2.05) is 0 Å². The van der Waals surface area contributed by atoms with Crippen LogP contribution in [0.25, 0.3) is 0 Å². The fourth-order valence-corrected chi connectivity index (χ4v) is 2.66. The number of alkyl halides is 3. The first kappa shape index (κ1) is 20.2. The zero-order valence-corrected chi connectivity index (χ0v) is 15.7. The van der Waals surface area contributed by atoms with Crippen LogP contribution in [0.5, 0.6) is 17.2 Å². The number of methoxy groups -OCH3 is 1. The molecule has 1 aliphatic rings. The lowest BCUT2D eigenvalue weighted by Crippen LogP contribution is -2.66. The number of hydrogen-bond acceptors (Lipinski definition) is 4. The van der Waals surface area contributed by atoms with Gasteiger partial charge in [-0.3, -0.25) is 5.32 Å². The molecule has 0 aromatic heterocycles. The molecule has 6 nitrogen and oxygen atoms in total. The van der Waals surface area contributed by atoms with Gasteiger partial charge in [-0.1, -0.05) is 35.3 Å². The van der Waals surface area contributed by atoms with Gasteiger partial charge >= 0.3 is 18.1 Å². The molecule has 11 heteroatoms. The van der Waals surface area contributed by atoms with Gasteiger partial charge in [0, 0.05) is 18.7 Å². The van der Waals surface area contributed by atoms with Crippen molar-refractivity contribution in [3.63, 3.8) is 0 Å². The molecule has 2 aromatic carbocycles. The molecular formula is C17H13Cl2F3N2O4. The summed E-state index contributed by atoms with van der Waals surface area (Å²) < 4.78 is 55.6. The molecule has 0 atom stereocenters. The molecule has 28 heavy (non-hydrogen) atoms. The summed E-state index contributed by atoms with van der Waals surface area (Å²) in [6, 6.07) is 7.60. The molecule has 0 saturated heterocycles. The van der Waals surface area contributed by atoms with Crippen molar-refractivity contribution < 1.29 is 32.2 Å². The van der Waals surface area contributed by atoms with Crippen LogP contribution in [0, 0.1) is 0 Å². The fourth-order valence-electron chi connectivity index (χ4n) is 2.36. The minimum absolute atomic E-state index is 0.0223. The molecule has 0 saturated carbocycles. The number of ether oxygens (including phenoxy) is 3. The van der Waals surface area contributed by atoms with Gasteiger partial charge in [-0.2, -0.15) is 13.2 Å². The maximum Gasteiger partial charge on any atom is 0.492 e. The SMILES string of the molecule is COc1ccc(CNC(=O)NC2(C(F)(F)F)Oc3cc(Cl)c(Cl)cc3O2)cc1. The summed E-state index contributed by atoms with van der Waals surface area (Å²) in [5, 5.41) is 3.94. The Morgan fingerprint density at radius 1 is 1.11 bits per heavy atom. The Morgan fingerprint density at radius 2 is 1.64 bits per heavy atom. The van der Waals surface area contributed by atoms with Crippen LogP contribution in [-0.2, 0) is 6.54 Å². The Balaban J connectivity index is 1.72. The molecule has 150 valence electrons. The van der Waals surface area contributed by atoms with Crippen LogP contribution in [0.1, 0.15) is 5.56 Å². The average molecular weight is 437 g/mol. The molecule has 2 aromatic rings. The van der Waals surface area contributed by atoms with Gasteiger partial charge in [0.2, 0.25) is 0 Å². The van der Waals surface area contributed by atoms with Crippen molar-refractivity contribution in [2.45, 2.75) is 18.6 Å². The molecule has 1 aliphatic heterocycles. The van der Waals surface area contributed by atoms with Crippen molar-refractivity contribution in [1.29, 1.82) is 0 Å². The largest absolute Gasteiger partial charge is 0.497 e. The van der Waals surface area contributed by atoms with E-state index < -0.39 is 18.1 Å². The van der Waals surface area contributed by atoms with Gasteiger partial charge < -0.3 is 19.5 Å². The van der Waals surface area contributed by atoms with E-state index in [2.05, 4.69) is 5.32 Å². The monoisotopic (exact) mass is 436 g/mol. The second kappa shape index (κ2) is 7.48. The number of carbonyl (C=O) groups excluding carboxylic acids is 1. The van der Waals surface area contributed by atoms with Crippen LogP contribution >= 0.6 is 23.2 Å². The highest BCUT2D eigenvalue weighted by Crippen LogP contribution is 2.47. The summed E-state index contributed by atoms with van der Waals surface area (Å²) in [7, 11) is 1.50. The van der Waals surface area contributed by atoms with Crippen LogP contribution in [0.15, 0.2) is 36.4 Å². The summed E-state index contributed by atoms with van der Waals surface area (Å²) >= 11 is 11.6. The van der Waals surface area contributed by atoms with Gasteiger partial charge in [0.25, 0.3) is 0 Å². The lowest BCUT2D eigenvalue weighted by atomic mass is 10.2. The number of amides is 2. The normalized spacial score (nSPS) is 14.5. The number of halogens is 5. The van der Waals surface area contributed by atoms with Crippen molar-refractivity contribution in [3.05, 3.63) is 52.0 Å². The molecule has 0 bridgehead atoms. The molecule has 0 fully saturated rings. The maximum atomic E-state index is 13.6. The molecule has 1 heterocycles. The molecule has 0 radical (unpaired) electrons. The van der Waals surface area contributed by atoms with Crippen LogP contribution in [0.2, 0.25) is 10.0 Å². The van der Waals surface area contributed by atoms with E-state index >= 15 is 0 Å². The lowest BCUT2D eigenvalue weighted by molar-refractivity contribution is -0.317. The lowest BCUT2D eigenvalue weighted by Gasteiger charge is -2.29. The molecule has 0 unspecified atom stereocenters. The van der Waals surface area contributed by atoms with E-state index in [-0.39, 0.29) is 28.1 Å². The fraction of sp³-hybridized carbons (Fsp3) is 0.235. The van der Waals surface area contributed by atoms with E-state index in [1.54, 1.807) is 29.6 Å². The minimum Gasteiger partial charge on any atom is -0.497 e. The van der Waals surface area contributed by atoms with Crippen LogP contribution in [0.4, 0.5) is 18.0 Å². The third kappa shape index (κ3) is 4.00. The highest BCUT2D eigenvalue weighted by molar-refractivity contribution is 6.42. The minimum atomic E-state index is -5.09. The van der Waals surface area contributed by atoms with Gasteiger partial charge in [0.05, 0.1) is 17.2 Å². The number of nitrogens with one attached hydrogen (secondary N) is 2. The first-order valence-corrected chi connectivity index (χ1v) is 8.52. The summed E-state index contributed by atoms with van der Waals surface area (Å²) in [6.45, 7) is -0.0334.